The molecule has 2 aromatic rings. The van der Waals surface area contributed by atoms with Crippen LogP contribution in [-0.4, -0.2) is 10.7 Å². The molecule has 0 unspecified atom stereocenters. The Morgan fingerprint density at radius 3 is 2.55 bits per heavy atom. The quantitative estimate of drug-likeness (QED) is 0.470. The van der Waals surface area contributed by atoms with Crippen LogP contribution >= 0.6 is 23.4 Å². The predicted octanol–water partition coefficient (Wildman–Crippen LogP) is 4.60. The summed E-state index contributed by atoms with van der Waals surface area (Å²) in [5.74, 6) is -0.114. The smallest absolute Gasteiger partial charge is 0.283 e. The number of para-hydroxylation sites is 1. The Balaban J connectivity index is 2.34. The SMILES string of the molecule is CC(=O)c1ccc(Sc2ccccc2[N+](=O)[O-])cc1Cl. The Hall–Kier alpha value is -1.85. The van der Waals surface area contributed by atoms with Gasteiger partial charge in [-0.05, 0) is 31.2 Å². The van der Waals surface area contributed by atoms with Crippen molar-refractivity contribution in [2.75, 3.05) is 0 Å². The van der Waals surface area contributed by atoms with Gasteiger partial charge in [-0.15, -0.1) is 0 Å². The van der Waals surface area contributed by atoms with E-state index in [0.717, 1.165) is 4.90 Å². The van der Waals surface area contributed by atoms with Gasteiger partial charge in [0.1, 0.15) is 0 Å². The summed E-state index contributed by atoms with van der Waals surface area (Å²) in [6, 6.07) is 11.5. The van der Waals surface area contributed by atoms with Gasteiger partial charge in [0, 0.05) is 16.5 Å². The summed E-state index contributed by atoms with van der Waals surface area (Å²) < 4.78 is 0. The molecule has 0 fully saturated rings. The highest BCUT2D eigenvalue weighted by molar-refractivity contribution is 7.99. The molecule has 0 bridgehead atoms. The molecule has 0 saturated heterocycles. The largest absolute Gasteiger partial charge is 0.294 e. The lowest BCUT2D eigenvalue weighted by Crippen LogP contribution is -1.93. The number of nitrogens with zero attached hydrogens (tertiary/aromatic N) is 1. The summed E-state index contributed by atoms with van der Waals surface area (Å²) in [5.41, 5.74) is 0.489. The van der Waals surface area contributed by atoms with Crippen LogP contribution in [0.4, 0.5) is 5.69 Å². The van der Waals surface area contributed by atoms with E-state index in [1.54, 1.807) is 36.4 Å². The van der Waals surface area contributed by atoms with E-state index in [-0.39, 0.29) is 11.5 Å². The third kappa shape index (κ3) is 3.18. The van der Waals surface area contributed by atoms with E-state index >= 15 is 0 Å². The zero-order valence-corrected chi connectivity index (χ0v) is 12.1. The van der Waals surface area contributed by atoms with Crippen molar-refractivity contribution in [2.45, 2.75) is 16.7 Å². The van der Waals surface area contributed by atoms with Crippen LogP contribution in [0, 0.1) is 10.1 Å². The highest BCUT2D eigenvalue weighted by atomic mass is 35.5. The zero-order chi connectivity index (χ0) is 14.7. The average molecular weight is 308 g/mol. The van der Waals surface area contributed by atoms with Gasteiger partial charge >= 0.3 is 0 Å². The number of nitro benzene ring substituents is 1. The molecule has 0 aromatic heterocycles. The zero-order valence-electron chi connectivity index (χ0n) is 10.5. The molecule has 0 saturated carbocycles. The van der Waals surface area contributed by atoms with Crippen LogP contribution in [-0.2, 0) is 0 Å². The van der Waals surface area contributed by atoms with Gasteiger partial charge in [-0.1, -0.05) is 35.5 Å². The number of Topliss-reactive ketones (excluding diaryl/α,β-unsaturated/α-hetero) is 1. The number of carbonyl (C=O) groups excluding carboxylic acids is 1. The molecule has 6 heteroatoms. The van der Waals surface area contributed by atoms with Crippen molar-refractivity contribution in [3.8, 4) is 0 Å². The van der Waals surface area contributed by atoms with Crippen molar-refractivity contribution in [3.63, 3.8) is 0 Å². The second-order valence-electron chi connectivity index (χ2n) is 4.02. The molecule has 20 heavy (non-hydrogen) atoms. The van der Waals surface area contributed by atoms with E-state index in [0.29, 0.717) is 15.5 Å². The maximum atomic E-state index is 11.3. The fourth-order valence-electron chi connectivity index (χ4n) is 1.67. The third-order valence-corrected chi connectivity index (χ3v) is 3.98. The molecule has 0 amide bonds. The molecule has 0 aliphatic carbocycles. The summed E-state index contributed by atoms with van der Waals surface area (Å²) in [6.45, 7) is 1.44. The maximum absolute atomic E-state index is 11.3. The molecule has 4 nitrogen and oxygen atoms in total. The molecule has 0 spiro atoms. The number of rotatable bonds is 4. The topological polar surface area (TPSA) is 60.2 Å². The second-order valence-corrected chi connectivity index (χ2v) is 5.55. The molecule has 0 heterocycles. The van der Waals surface area contributed by atoms with Crippen molar-refractivity contribution < 1.29 is 9.72 Å². The van der Waals surface area contributed by atoms with Crippen LogP contribution < -0.4 is 0 Å². The average Bonchev–Trinajstić information content (AvgIpc) is 2.38. The van der Waals surface area contributed by atoms with E-state index in [1.165, 1.54) is 24.8 Å². The van der Waals surface area contributed by atoms with Crippen LogP contribution in [0.15, 0.2) is 52.3 Å². The van der Waals surface area contributed by atoms with Crippen molar-refractivity contribution in [2.24, 2.45) is 0 Å². The first kappa shape index (κ1) is 14.6. The summed E-state index contributed by atoms with van der Waals surface area (Å²) in [4.78, 5) is 23.1. The minimum Gasteiger partial charge on any atom is -0.294 e. The van der Waals surface area contributed by atoms with Crippen molar-refractivity contribution >= 4 is 34.8 Å². The fourth-order valence-corrected chi connectivity index (χ4v) is 3.00. The first-order valence-corrected chi connectivity index (χ1v) is 6.90. The van der Waals surface area contributed by atoms with Crippen LogP contribution in [0.25, 0.3) is 0 Å². The number of hydrogen-bond donors (Lipinski definition) is 0. The van der Waals surface area contributed by atoms with Gasteiger partial charge in [-0.2, -0.15) is 0 Å². The molecule has 2 aromatic carbocycles. The first-order valence-electron chi connectivity index (χ1n) is 5.71. The molecule has 0 atom stereocenters. The van der Waals surface area contributed by atoms with Crippen LogP contribution in [0.3, 0.4) is 0 Å². The van der Waals surface area contributed by atoms with E-state index in [1.807, 2.05) is 0 Å². The standard InChI is InChI=1S/C14H10ClNO3S/c1-9(17)11-7-6-10(8-12(11)15)20-14-5-3-2-4-13(14)16(18)19/h2-8H,1H3. The number of benzene rings is 2. The van der Waals surface area contributed by atoms with E-state index in [9.17, 15) is 14.9 Å². The number of carbonyl (C=O) groups is 1. The van der Waals surface area contributed by atoms with E-state index in [4.69, 9.17) is 11.6 Å². The molecule has 0 N–H and O–H groups in total. The van der Waals surface area contributed by atoms with Crippen molar-refractivity contribution in [1.82, 2.24) is 0 Å². The molecule has 0 aliphatic heterocycles. The Kier molecular flexibility index (Phi) is 4.42. The Bertz CT molecular complexity index is 688. The number of halogens is 1. The van der Waals surface area contributed by atoms with Gasteiger partial charge < -0.3 is 0 Å². The minimum absolute atomic E-state index is 0.0456. The second kappa shape index (κ2) is 6.07. The number of ketones is 1. The Labute approximate surface area is 124 Å². The summed E-state index contributed by atoms with van der Waals surface area (Å²) >= 11 is 7.26. The van der Waals surface area contributed by atoms with E-state index in [2.05, 4.69) is 0 Å². The minimum atomic E-state index is -0.423. The van der Waals surface area contributed by atoms with Crippen LogP contribution in [0.1, 0.15) is 17.3 Å². The summed E-state index contributed by atoms with van der Waals surface area (Å²) in [7, 11) is 0. The van der Waals surface area contributed by atoms with Gasteiger partial charge in [0.05, 0.1) is 14.8 Å². The lowest BCUT2D eigenvalue weighted by Gasteiger charge is -2.05. The predicted molar refractivity (Wildman–Crippen MR) is 78.7 cm³/mol. The van der Waals surface area contributed by atoms with Crippen LogP contribution in [0.2, 0.25) is 5.02 Å². The summed E-state index contributed by atoms with van der Waals surface area (Å²) in [5, 5.41) is 11.3. The molecule has 2 rings (SSSR count). The van der Waals surface area contributed by atoms with Gasteiger partial charge in [0.2, 0.25) is 0 Å². The Morgan fingerprint density at radius 1 is 1.25 bits per heavy atom. The van der Waals surface area contributed by atoms with Gasteiger partial charge in [0.25, 0.3) is 5.69 Å². The lowest BCUT2D eigenvalue weighted by molar-refractivity contribution is -0.387. The summed E-state index contributed by atoms with van der Waals surface area (Å²) in [6.07, 6.45) is 0. The Morgan fingerprint density at radius 2 is 1.95 bits per heavy atom. The fraction of sp³-hybridized carbons (Fsp3) is 0.0714. The van der Waals surface area contributed by atoms with Gasteiger partial charge in [0.15, 0.2) is 5.78 Å². The maximum Gasteiger partial charge on any atom is 0.283 e. The number of nitro groups is 1. The van der Waals surface area contributed by atoms with Gasteiger partial charge in [-0.25, -0.2) is 0 Å². The molecule has 0 aliphatic rings. The normalized spacial score (nSPS) is 10.3. The van der Waals surface area contributed by atoms with Crippen molar-refractivity contribution in [1.29, 1.82) is 0 Å². The first-order chi connectivity index (χ1) is 9.49. The number of hydrogen-bond acceptors (Lipinski definition) is 4. The molecular formula is C14H10ClNO3S. The third-order valence-electron chi connectivity index (χ3n) is 2.61. The van der Waals surface area contributed by atoms with Crippen molar-refractivity contribution in [3.05, 3.63) is 63.2 Å². The molecular weight excluding hydrogens is 298 g/mol. The lowest BCUT2D eigenvalue weighted by atomic mass is 10.1. The van der Waals surface area contributed by atoms with Crippen LogP contribution in [0.5, 0.6) is 0 Å². The monoisotopic (exact) mass is 307 g/mol. The highest BCUT2D eigenvalue weighted by Gasteiger charge is 2.14. The molecule has 102 valence electrons. The van der Waals surface area contributed by atoms with Gasteiger partial charge in [-0.3, -0.25) is 14.9 Å². The molecule has 0 radical (unpaired) electrons. The highest BCUT2D eigenvalue weighted by Crippen LogP contribution is 2.36. The van der Waals surface area contributed by atoms with E-state index < -0.39 is 4.92 Å².